The Balaban J connectivity index is 1.70. The summed E-state index contributed by atoms with van der Waals surface area (Å²) in [5, 5.41) is 21.2. The molecule has 6 heteroatoms. The summed E-state index contributed by atoms with van der Waals surface area (Å²) in [5.74, 6) is 0.323. The molecule has 6 nitrogen and oxygen atoms in total. The first-order valence-corrected chi connectivity index (χ1v) is 8.73. The molecule has 0 aliphatic carbocycles. The number of nitrogens with zero attached hydrogens (tertiary/aromatic N) is 2. The quantitative estimate of drug-likeness (QED) is 0.509. The molecule has 0 saturated carbocycles. The monoisotopic (exact) mass is 356 g/mol. The number of aromatic hydroxyl groups is 1. The number of fused-ring (bicyclic) bond motifs is 2. The van der Waals surface area contributed by atoms with Crippen LogP contribution in [0.3, 0.4) is 0 Å². The maximum Gasteiger partial charge on any atom is 0.226 e. The number of anilines is 1. The molecule has 2 aromatic carbocycles. The van der Waals surface area contributed by atoms with Crippen molar-refractivity contribution < 1.29 is 9.90 Å². The van der Waals surface area contributed by atoms with Crippen LogP contribution < -0.4 is 5.32 Å². The summed E-state index contributed by atoms with van der Waals surface area (Å²) < 4.78 is 0. The highest BCUT2D eigenvalue weighted by atomic mass is 16.3. The van der Waals surface area contributed by atoms with Crippen molar-refractivity contribution in [1.29, 1.82) is 0 Å². The molecular weight excluding hydrogens is 340 g/mol. The Morgan fingerprint density at radius 2 is 1.85 bits per heavy atom. The summed E-state index contributed by atoms with van der Waals surface area (Å²) >= 11 is 0. The zero-order valence-corrected chi connectivity index (χ0v) is 14.3. The number of pyridine rings is 1. The van der Waals surface area contributed by atoms with Crippen LogP contribution in [0.15, 0.2) is 60.7 Å². The Bertz CT molecular complexity index is 1170. The van der Waals surface area contributed by atoms with Crippen LogP contribution in [0.2, 0.25) is 0 Å². The fourth-order valence-corrected chi connectivity index (χ4v) is 3.67. The topological polar surface area (TPSA) is 90.9 Å². The number of benzene rings is 2. The molecule has 1 aliphatic rings. The van der Waals surface area contributed by atoms with Crippen molar-refractivity contribution in [3.8, 4) is 17.0 Å². The molecule has 0 unspecified atom stereocenters. The van der Waals surface area contributed by atoms with Gasteiger partial charge in [0.2, 0.25) is 5.91 Å². The second-order valence-corrected chi connectivity index (χ2v) is 6.62. The fraction of sp³-hybridized carbons (Fsp3) is 0.0952. The summed E-state index contributed by atoms with van der Waals surface area (Å²) in [5.41, 5.74) is 4.06. The van der Waals surface area contributed by atoms with Crippen LogP contribution >= 0.6 is 0 Å². The third-order valence-corrected chi connectivity index (χ3v) is 4.94. The van der Waals surface area contributed by atoms with Gasteiger partial charge in [0.25, 0.3) is 0 Å². The van der Waals surface area contributed by atoms with Gasteiger partial charge >= 0.3 is 0 Å². The van der Waals surface area contributed by atoms with E-state index < -0.39 is 0 Å². The van der Waals surface area contributed by atoms with Gasteiger partial charge in [-0.15, -0.1) is 0 Å². The van der Waals surface area contributed by atoms with Crippen LogP contribution in [-0.2, 0) is 4.79 Å². The highest BCUT2D eigenvalue weighted by Crippen LogP contribution is 2.41. The zero-order chi connectivity index (χ0) is 18.4. The molecule has 3 heterocycles. The van der Waals surface area contributed by atoms with Gasteiger partial charge in [0.1, 0.15) is 11.3 Å². The molecule has 5 rings (SSSR count). The van der Waals surface area contributed by atoms with Crippen molar-refractivity contribution in [1.82, 2.24) is 15.2 Å². The Morgan fingerprint density at radius 3 is 2.70 bits per heavy atom. The molecule has 0 radical (unpaired) electrons. The Kier molecular flexibility index (Phi) is 3.43. The number of H-pyrrole nitrogens is 1. The van der Waals surface area contributed by atoms with Crippen LogP contribution in [0.25, 0.3) is 22.2 Å². The van der Waals surface area contributed by atoms with E-state index in [0.29, 0.717) is 11.3 Å². The summed E-state index contributed by atoms with van der Waals surface area (Å²) in [6.07, 6.45) is 0.276. The minimum atomic E-state index is -0.244. The second-order valence-electron chi connectivity index (χ2n) is 6.62. The molecule has 0 saturated heterocycles. The Hall–Kier alpha value is -3.67. The number of carbonyl (C=O) groups is 1. The van der Waals surface area contributed by atoms with E-state index in [1.54, 1.807) is 12.1 Å². The van der Waals surface area contributed by atoms with E-state index in [1.807, 2.05) is 48.5 Å². The normalized spacial score (nSPS) is 16.1. The van der Waals surface area contributed by atoms with Crippen LogP contribution in [0.1, 0.15) is 23.6 Å². The number of hydrogen-bond acceptors (Lipinski definition) is 4. The maximum atomic E-state index is 12.2. The second kappa shape index (κ2) is 5.95. The zero-order valence-electron chi connectivity index (χ0n) is 14.3. The Morgan fingerprint density at radius 1 is 1.00 bits per heavy atom. The number of aromatic nitrogens is 3. The predicted octanol–water partition coefficient (Wildman–Crippen LogP) is 3.80. The number of aromatic amines is 1. The smallest absolute Gasteiger partial charge is 0.226 e. The largest absolute Gasteiger partial charge is 0.506 e. The summed E-state index contributed by atoms with van der Waals surface area (Å²) in [6, 6.07) is 19.0. The predicted molar refractivity (Wildman–Crippen MR) is 103 cm³/mol. The number of para-hydroxylation sites is 1. The molecule has 132 valence electrons. The van der Waals surface area contributed by atoms with Gasteiger partial charge in [-0.1, -0.05) is 48.5 Å². The van der Waals surface area contributed by atoms with E-state index in [9.17, 15) is 9.90 Å². The van der Waals surface area contributed by atoms with Gasteiger partial charge in [-0.25, -0.2) is 4.98 Å². The highest BCUT2D eigenvalue weighted by molar-refractivity contribution is 5.96. The van der Waals surface area contributed by atoms with Gasteiger partial charge in [-0.2, -0.15) is 5.10 Å². The van der Waals surface area contributed by atoms with E-state index >= 15 is 0 Å². The Labute approximate surface area is 154 Å². The van der Waals surface area contributed by atoms with Crippen LogP contribution in [-0.4, -0.2) is 26.2 Å². The molecule has 0 fully saturated rings. The van der Waals surface area contributed by atoms with Crippen molar-refractivity contribution in [2.45, 2.75) is 12.3 Å². The fourth-order valence-electron chi connectivity index (χ4n) is 3.67. The van der Waals surface area contributed by atoms with Gasteiger partial charge in [-0.05, 0) is 17.7 Å². The minimum Gasteiger partial charge on any atom is -0.506 e. The van der Waals surface area contributed by atoms with E-state index in [2.05, 4.69) is 20.5 Å². The number of amides is 1. The maximum absolute atomic E-state index is 12.2. The van der Waals surface area contributed by atoms with Crippen molar-refractivity contribution in [2.24, 2.45) is 0 Å². The van der Waals surface area contributed by atoms with Crippen LogP contribution in [0.5, 0.6) is 5.75 Å². The van der Waals surface area contributed by atoms with Crippen LogP contribution in [0.4, 0.5) is 5.82 Å². The first-order valence-electron chi connectivity index (χ1n) is 8.73. The lowest BCUT2D eigenvalue weighted by molar-refractivity contribution is -0.116. The third kappa shape index (κ3) is 2.54. The molecule has 1 atom stereocenters. The molecule has 0 bridgehead atoms. The van der Waals surface area contributed by atoms with Gasteiger partial charge in [-0.3, -0.25) is 9.89 Å². The minimum absolute atomic E-state index is 0.0993. The molecule has 27 heavy (non-hydrogen) atoms. The van der Waals surface area contributed by atoms with Crippen molar-refractivity contribution in [3.05, 3.63) is 71.9 Å². The first kappa shape index (κ1) is 15.6. The number of phenolic OH excluding ortho intramolecular Hbond substituents is 1. The van der Waals surface area contributed by atoms with E-state index in [4.69, 9.17) is 0 Å². The van der Waals surface area contributed by atoms with E-state index in [1.165, 1.54) is 0 Å². The molecule has 4 aromatic rings. The number of carbonyl (C=O) groups excluding carboxylic acids is 1. The number of nitrogens with one attached hydrogen (secondary N) is 2. The number of rotatable bonds is 2. The van der Waals surface area contributed by atoms with Crippen LogP contribution in [0, 0.1) is 0 Å². The standard InChI is InChI=1S/C21H16N4O2/c26-16-8-4-7-13-9-10-15(22-19(13)16)14-11-17(27)23-21-18(14)20(24-25-21)12-5-2-1-3-6-12/h1-10,14,26H,11H2,(H2,23,24,25,27)/t14-/m1/s1. The van der Waals surface area contributed by atoms with E-state index in [0.717, 1.165) is 27.9 Å². The van der Waals surface area contributed by atoms with Crippen molar-refractivity contribution in [3.63, 3.8) is 0 Å². The first-order chi connectivity index (χ1) is 13.2. The van der Waals surface area contributed by atoms with Gasteiger partial charge in [0.15, 0.2) is 5.82 Å². The summed E-state index contributed by atoms with van der Waals surface area (Å²) in [7, 11) is 0. The van der Waals surface area contributed by atoms with E-state index in [-0.39, 0.29) is 24.0 Å². The summed E-state index contributed by atoms with van der Waals surface area (Å²) in [4.78, 5) is 16.9. The van der Waals surface area contributed by atoms with Crippen molar-refractivity contribution >= 4 is 22.6 Å². The number of phenols is 1. The number of hydrogen-bond donors (Lipinski definition) is 3. The average molecular weight is 356 g/mol. The molecule has 1 aliphatic heterocycles. The molecule has 2 aromatic heterocycles. The molecule has 0 spiro atoms. The lowest BCUT2D eigenvalue weighted by atomic mass is 9.87. The lowest BCUT2D eigenvalue weighted by Gasteiger charge is -2.23. The lowest BCUT2D eigenvalue weighted by Crippen LogP contribution is -2.24. The molecule has 3 N–H and O–H groups in total. The molecule has 1 amide bonds. The summed E-state index contributed by atoms with van der Waals surface area (Å²) in [6.45, 7) is 0. The average Bonchev–Trinajstić information content (AvgIpc) is 3.12. The van der Waals surface area contributed by atoms with Gasteiger partial charge in [0.05, 0.1) is 5.69 Å². The third-order valence-electron chi connectivity index (χ3n) is 4.94. The van der Waals surface area contributed by atoms with Gasteiger partial charge in [0, 0.05) is 29.0 Å². The molecular formula is C21H16N4O2. The highest BCUT2D eigenvalue weighted by Gasteiger charge is 2.33. The SMILES string of the molecule is O=C1C[C@H](c2ccc3cccc(O)c3n2)c2c(n[nH]c2-c2ccccc2)N1. The van der Waals surface area contributed by atoms with Gasteiger partial charge < -0.3 is 10.4 Å². The van der Waals surface area contributed by atoms with Crippen molar-refractivity contribution in [2.75, 3.05) is 5.32 Å².